The Bertz CT molecular complexity index is 542. The van der Waals surface area contributed by atoms with Gasteiger partial charge in [-0.25, -0.2) is 8.42 Å². The van der Waals surface area contributed by atoms with Crippen LogP contribution in [0.15, 0.2) is 17.2 Å². The van der Waals surface area contributed by atoms with Crippen LogP contribution < -0.4 is 0 Å². The van der Waals surface area contributed by atoms with E-state index in [0.29, 0.717) is 24.7 Å². The Labute approximate surface area is 114 Å². The van der Waals surface area contributed by atoms with Gasteiger partial charge in [-0.15, -0.1) is 0 Å². The minimum atomic E-state index is -3.43. The van der Waals surface area contributed by atoms with Crippen molar-refractivity contribution in [2.24, 2.45) is 11.3 Å². The normalized spacial score (nSPS) is 22.0. The Morgan fingerprint density at radius 3 is 2.63 bits per heavy atom. The summed E-state index contributed by atoms with van der Waals surface area (Å²) in [6.45, 7) is 7.41. The van der Waals surface area contributed by atoms with Crippen LogP contribution in [0.3, 0.4) is 0 Å². The summed E-state index contributed by atoms with van der Waals surface area (Å²) < 4.78 is 26.5. The van der Waals surface area contributed by atoms with Crippen LogP contribution in [0.4, 0.5) is 0 Å². The first-order chi connectivity index (χ1) is 8.75. The molecule has 1 unspecified atom stereocenters. The van der Waals surface area contributed by atoms with E-state index in [1.165, 1.54) is 12.3 Å². The second kappa shape index (κ2) is 4.92. The number of aromatic amines is 1. The third-order valence-corrected chi connectivity index (χ3v) is 5.74. The van der Waals surface area contributed by atoms with E-state index in [4.69, 9.17) is 5.11 Å². The second-order valence-electron chi connectivity index (χ2n) is 6.23. The zero-order valence-corrected chi connectivity index (χ0v) is 12.5. The molecule has 1 aromatic heterocycles. The fraction of sp³-hybridized carbons (Fsp3) is 0.692. The summed E-state index contributed by atoms with van der Waals surface area (Å²) in [5.41, 5.74) is 0.642. The van der Waals surface area contributed by atoms with Crippen molar-refractivity contribution < 1.29 is 13.5 Å². The third kappa shape index (κ3) is 2.85. The van der Waals surface area contributed by atoms with Gasteiger partial charge in [-0.2, -0.15) is 4.31 Å². The summed E-state index contributed by atoms with van der Waals surface area (Å²) in [7, 11) is -3.43. The van der Waals surface area contributed by atoms with Gasteiger partial charge in [0.05, 0.1) is 11.5 Å². The van der Waals surface area contributed by atoms with Crippen LogP contribution in [0.1, 0.15) is 32.9 Å². The predicted octanol–water partition coefficient (Wildman–Crippen LogP) is 1.56. The monoisotopic (exact) mass is 286 g/mol. The summed E-state index contributed by atoms with van der Waals surface area (Å²) >= 11 is 0. The fourth-order valence-corrected chi connectivity index (χ4v) is 3.98. The molecule has 1 aliphatic heterocycles. The predicted molar refractivity (Wildman–Crippen MR) is 73.0 cm³/mol. The topological polar surface area (TPSA) is 73.4 Å². The SMILES string of the molecule is CC(C)(C)C1CCN(S(=O)(=O)c2c[nH]c(CO)c2)C1. The van der Waals surface area contributed by atoms with Crippen LogP contribution in [0.5, 0.6) is 0 Å². The van der Waals surface area contributed by atoms with E-state index >= 15 is 0 Å². The van der Waals surface area contributed by atoms with Crippen molar-refractivity contribution in [1.82, 2.24) is 9.29 Å². The minimum absolute atomic E-state index is 0.124. The maximum absolute atomic E-state index is 12.5. The Morgan fingerprint density at radius 2 is 2.16 bits per heavy atom. The molecule has 108 valence electrons. The highest BCUT2D eigenvalue weighted by atomic mass is 32.2. The van der Waals surface area contributed by atoms with Crippen LogP contribution >= 0.6 is 0 Å². The molecule has 6 heteroatoms. The standard InChI is InChI=1S/C13H22N2O3S/c1-13(2,3)10-4-5-15(8-10)19(17,18)12-6-11(9-16)14-7-12/h6-7,10,14,16H,4-5,8-9H2,1-3H3. The Morgan fingerprint density at radius 1 is 1.47 bits per heavy atom. The summed E-state index contributed by atoms with van der Waals surface area (Å²) in [6, 6.07) is 1.50. The average molecular weight is 286 g/mol. The number of sulfonamides is 1. The molecular weight excluding hydrogens is 264 g/mol. The van der Waals surface area contributed by atoms with E-state index in [9.17, 15) is 8.42 Å². The highest BCUT2D eigenvalue weighted by Crippen LogP contribution is 2.35. The lowest BCUT2D eigenvalue weighted by atomic mass is 9.80. The summed E-state index contributed by atoms with van der Waals surface area (Å²) in [5.74, 6) is 0.388. The molecule has 0 spiro atoms. The average Bonchev–Trinajstić information content (AvgIpc) is 2.98. The molecule has 0 aliphatic carbocycles. The molecule has 2 rings (SSSR count). The number of rotatable bonds is 3. The first-order valence-electron chi connectivity index (χ1n) is 6.53. The van der Waals surface area contributed by atoms with Crippen LogP contribution in [0, 0.1) is 11.3 Å². The summed E-state index contributed by atoms with van der Waals surface area (Å²) in [5, 5.41) is 8.99. The van der Waals surface area contributed by atoms with Crippen molar-refractivity contribution >= 4 is 10.0 Å². The van der Waals surface area contributed by atoms with Gasteiger partial charge in [0.25, 0.3) is 0 Å². The largest absolute Gasteiger partial charge is 0.390 e. The highest BCUT2D eigenvalue weighted by molar-refractivity contribution is 7.89. The number of nitrogens with one attached hydrogen (secondary N) is 1. The van der Waals surface area contributed by atoms with Crippen LogP contribution in [-0.2, 0) is 16.6 Å². The number of aromatic nitrogens is 1. The van der Waals surface area contributed by atoms with Gasteiger partial charge < -0.3 is 10.1 Å². The van der Waals surface area contributed by atoms with Gasteiger partial charge in [-0.3, -0.25) is 0 Å². The van der Waals surface area contributed by atoms with Crippen molar-refractivity contribution in [1.29, 1.82) is 0 Å². The molecule has 19 heavy (non-hydrogen) atoms. The molecule has 0 saturated carbocycles. The number of H-pyrrole nitrogens is 1. The number of hydrogen-bond acceptors (Lipinski definition) is 3. The number of aliphatic hydroxyl groups is 1. The van der Waals surface area contributed by atoms with Gasteiger partial charge in [0.1, 0.15) is 0 Å². The molecule has 1 aliphatic rings. The molecule has 2 heterocycles. The zero-order valence-electron chi connectivity index (χ0n) is 11.7. The van der Waals surface area contributed by atoms with Crippen LogP contribution in [-0.4, -0.2) is 35.9 Å². The second-order valence-corrected chi connectivity index (χ2v) is 8.17. The molecule has 2 N–H and O–H groups in total. The van der Waals surface area contributed by atoms with Crippen LogP contribution in [0.25, 0.3) is 0 Å². The fourth-order valence-electron chi connectivity index (χ4n) is 2.46. The lowest BCUT2D eigenvalue weighted by molar-refractivity contribution is 0.252. The van der Waals surface area contributed by atoms with Crippen molar-refractivity contribution in [3.63, 3.8) is 0 Å². The number of aliphatic hydroxyl groups excluding tert-OH is 1. The molecule has 5 nitrogen and oxygen atoms in total. The zero-order chi connectivity index (χ0) is 14.3. The lowest BCUT2D eigenvalue weighted by Crippen LogP contribution is -2.31. The molecule has 0 radical (unpaired) electrons. The molecule has 1 aromatic rings. The van der Waals surface area contributed by atoms with Gasteiger partial charge in [-0.05, 0) is 23.8 Å². The first-order valence-corrected chi connectivity index (χ1v) is 7.97. The van der Waals surface area contributed by atoms with Crippen molar-refractivity contribution in [2.75, 3.05) is 13.1 Å². The van der Waals surface area contributed by atoms with E-state index in [1.807, 2.05) is 0 Å². The van der Waals surface area contributed by atoms with Crippen molar-refractivity contribution in [3.05, 3.63) is 18.0 Å². The van der Waals surface area contributed by atoms with E-state index in [0.717, 1.165) is 6.42 Å². The molecular formula is C13H22N2O3S. The minimum Gasteiger partial charge on any atom is -0.390 e. The van der Waals surface area contributed by atoms with Gasteiger partial charge in [0.15, 0.2) is 0 Å². The maximum Gasteiger partial charge on any atom is 0.244 e. The van der Waals surface area contributed by atoms with E-state index in [1.54, 1.807) is 4.31 Å². The molecule has 1 saturated heterocycles. The third-order valence-electron chi connectivity index (χ3n) is 3.90. The van der Waals surface area contributed by atoms with E-state index in [-0.39, 0.29) is 16.9 Å². The number of nitrogens with zero attached hydrogens (tertiary/aromatic N) is 1. The van der Waals surface area contributed by atoms with E-state index in [2.05, 4.69) is 25.8 Å². The Kier molecular flexibility index (Phi) is 3.77. The van der Waals surface area contributed by atoms with Crippen molar-refractivity contribution in [2.45, 2.75) is 38.7 Å². The van der Waals surface area contributed by atoms with Gasteiger partial charge >= 0.3 is 0 Å². The quantitative estimate of drug-likeness (QED) is 0.885. The Hall–Kier alpha value is -0.850. The van der Waals surface area contributed by atoms with Crippen molar-refractivity contribution in [3.8, 4) is 0 Å². The first kappa shape index (κ1) is 14.6. The van der Waals surface area contributed by atoms with Gasteiger partial charge in [-0.1, -0.05) is 20.8 Å². The molecule has 0 aromatic carbocycles. The van der Waals surface area contributed by atoms with Gasteiger partial charge in [0, 0.05) is 25.0 Å². The molecule has 0 amide bonds. The molecule has 0 bridgehead atoms. The molecule has 1 fully saturated rings. The molecule has 1 atom stereocenters. The van der Waals surface area contributed by atoms with Gasteiger partial charge in [0.2, 0.25) is 10.0 Å². The Balaban J connectivity index is 2.18. The smallest absolute Gasteiger partial charge is 0.244 e. The number of hydrogen-bond donors (Lipinski definition) is 2. The maximum atomic E-state index is 12.5. The highest BCUT2D eigenvalue weighted by Gasteiger charge is 2.37. The van der Waals surface area contributed by atoms with E-state index < -0.39 is 10.0 Å². The summed E-state index contributed by atoms with van der Waals surface area (Å²) in [4.78, 5) is 3.01. The van der Waals surface area contributed by atoms with Crippen LogP contribution in [0.2, 0.25) is 0 Å². The summed E-state index contributed by atoms with van der Waals surface area (Å²) in [6.07, 6.45) is 2.35. The lowest BCUT2D eigenvalue weighted by Gasteiger charge is -2.26.